The Bertz CT molecular complexity index is 2490. The lowest BCUT2D eigenvalue weighted by Gasteiger charge is -2.51. The van der Waals surface area contributed by atoms with Gasteiger partial charge < -0.3 is 199 Å². The molecule has 8 aliphatic rings. The van der Waals surface area contributed by atoms with Crippen molar-refractivity contribution in [3.05, 3.63) is 0 Å². The number of carbonyl (C=O) groups is 3. The maximum absolute atomic E-state index is 12.9. The first-order valence-corrected chi connectivity index (χ1v) is 31.0. The van der Waals surface area contributed by atoms with Crippen molar-refractivity contribution >= 4 is 17.7 Å². The van der Waals surface area contributed by atoms with E-state index < -0.39 is 309 Å². The van der Waals surface area contributed by atoms with Gasteiger partial charge in [0.15, 0.2) is 50.3 Å². The first-order valence-electron chi connectivity index (χ1n) is 31.0. The van der Waals surface area contributed by atoms with E-state index in [2.05, 4.69) is 16.0 Å². The molecule has 40 atom stereocenters. The summed E-state index contributed by atoms with van der Waals surface area (Å²) in [6, 6.07) is -5.60. The van der Waals surface area contributed by atoms with E-state index in [1.807, 2.05) is 0 Å². The molecule has 562 valence electrons. The van der Waals surface area contributed by atoms with E-state index >= 15 is 0 Å². The lowest BCUT2D eigenvalue weighted by Crippen LogP contribution is -2.71. The first-order chi connectivity index (χ1) is 45.8. The molecule has 25 N–H and O–H groups in total. The van der Waals surface area contributed by atoms with Crippen LogP contribution in [-0.2, 0) is 85.4 Å². The molecular weight excluding hydrogens is 1330 g/mol. The zero-order valence-electron chi connectivity index (χ0n) is 52.2. The fourth-order valence-corrected chi connectivity index (χ4v) is 12.5. The van der Waals surface area contributed by atoms with Crippen LogP contribution < -0.4 is 16.0 Å². The van der Waals surface area contributed by atoms with E-state index in [1.165, 1.54) is 6.92 Å². The Labute approximate surface area is 549 Å². The van der Waals surface area contributed by atoms with Crippen LogP contribution in [0, 0.1) is 0 Å². The number of hydrogen-bond donors (Lipinski definition) is 25. The van der Waals surface area contributed by atoms with Gasteiger partial charge in [-0.05, 0) is 6.92 Å². The van der Waals surface area contributed by atoms with E-state index in [0.717, 1.165) is 20.8 Å². The summed E-state index contributed by atoms with van der Waals surface area (Å²) in [5, 5.41) is 248. The molecule has 0 radical (unpaired) electrons. The molecule has 8 saturated heterocycles. The van der Waals surface area contributed by atoms with Gasteiger partial charge >= 0.3 is 0 Å². The smallest absolute Gasteiger partial charge is 0.217 e. The molecule has 8 rings (SSSR count). The molecule has 0 bridgehead atoms. The summed E-state index contributed by atoms with van der Waals surface area (Å²) in [6.07, 6.45) is -72.5. The normalized spacial score (nSPS) is 49.9. The maximum atomic E-state index is 12.9. The molecule has 1 unspecified atom stereocenters. The highest BCUT2D eigenvalue weighted by Gasteiger charge is 2.60. The second-order valence-electron chi connectivity index (χ2n) is 24.6. The minimum absolute atomic E-state index is 0.899. The van der Waals surface area contributed by atoms with Crippen LogP contribution in [0.4, 0.5) is 0 Å². The van der Waals surface area contributed by atoms with Crippen LogP contribution in [0.2, 0.25) is 0 Å². The Morgan fingerprint density at radius 1 is 0.289 bits per heavy atom. The summed E-state index contributed by atoms with van der Waals surface area (Å²) >= 11 is 0. The van der Waals surface area contributed by atoms with Gasteiger partial charge in [0.25, 0.3) is 0 Å². The Morgan fingerprint density at radius 2 is 0.608 bits per heavy atom. The maximum Gasteiger partial charge on any atom is 0.217 e. The highest BCUT2D eigenvalue weighted by atomic mass is 16.8. The number of hydrogen-bond acceptors (Lipinski definition) is 40. The minimum atomic E-state index is -2.42. The second-order valence-corrected chi connectivity index (χ2v) is 24.6. The van der Waals surface area contributed by atoms with Crippen molar-refractivity contribution in [1.82, 2.24) is 16.0 Å². The number of ether oxygens (including phenoxy) is 15. The third kappa shape index (κ3) is 17.4. The average molecular weight is 1420 g/mol. The number of nitrogens with one attached hydrogen (secondary N) is 3. The third-order valence-corrected chi connectivity index (χ3v) is 17.8. The lowest BCUT2D eigenvalue weighted by atomic mass is 9.93. The van der Waals surface area contributed by atoms with Gasteiger partial charge in [0, 0.05) is 20.8 Å². The van der Waals surface area contributed by atoms with E-state index in [0.29, 0.717) is 0 Å². The van der Waals surface area contributed by atoms with Gasteiger partial charge in [-0.15, -0.1) is 0 Å². The molecular formula is C54H91N3O40. The Hall–Kier alpha value is -3.07. The number of aliphatic hydroxyl groups is 22. The molecule has 0 aromatic rings. The van der Waals surface area contributed by atoms with Crippen LogP contribution in [0.5, 0.6) is 0 Å². The molecule has 3 amide bonds. The summed E-state index contributed by atoms with van der Waals surface area (Å²) in [5.74, 6) is -2.72. The van der Waals surface area contributed by atoms with Crippen molar-refractivity contribution in [2.75, 3.05) is 46.2 Å². The minimum Gasteiger partial charge on any atom is -0.394 e. The molecule has 8 heterocycles. The van der Waals surface area contributed by atoms with Gasteiger partial charge in [0.05, 0.1) is 52.4 Å². The van der Waals surface area contributed by atoms with Crippen molar-refractivity contribution in [1.29, 1.82) is 0 Å². The monoisotopic (exact) mass is 1420 g/mol. The molecule has 0 spiro atoms. The lowest BCUT2D eigenvalue weighted by molar-refractivity contribution is -0.388. The molecule has 0 aliphatic carbocycles. The molecule has 8 fully saturated rings. The zero-order chi connectivity index (χ0) is 71.5. The molecule has 8 aliphatic heterocycles. The number of rotatable bonds is 24. The van der Waals surface area contributed by atoms with Crippen LogP contribution in [0.15, 0.2) is 0 Å². The first kappa shape index (κ1) is 79.6. The van der Waals surface area contributed by atoms with Crippen molar-refractivity contribution in [2.45, 2.75) is 273 Å². The predicted octanol–water partition coefficient (Wildman–Crippen LogP) is -17.0. The van der Waals surface area contributed by atoms with E-state index in [9.17, 15) is 127 Å². The Kier molecular flexibility index (Phi) is 28.3. The van der Waals surface area contributed by atoms with Crippen molar-refractivity contribution in [3.8, 4) is 0 Å². The van der Waals surface area contributed by atoms with Crippen LogP contribution in [0.3, 0.4) is 0 Å². The fraction of sp³-hybridized carbons (Fsp3) is 0.944. The molecule has 0 aromatic heterocycles. The number of aliphatic hydroxyl groups excluding tert-OH is 22. The van der Waals surface area contributed by atoms with Crippen LogP contribution >= 0.6 is 0 Å². The van der Waals surface area contributed by atoms with Gasteiger partial charge in [0.1, 0.15) is 189 Å². The summed E-state index contributed by atoms with van der Waals surface area (Å²) < 4.78 is 87.5. The third-order valence-electron chi connectivity index (χ3n) is 17.8. The quantitative estimate of drug-likeness (QED) is 0.0427. The van der Waals surface area contributed by atoms with Gasteiger partial charge in [-0.25, -0.2) is 0 Å². The van der Waals surface area contributed by atoms with E-state index in [1.54, 1.807) is 0 Å². The van der Waals surface area contributed by atoms with Crippen molar-refractivity contribution < 1.29 is 198 Å². The zero-order valence-corrected chi connectivity index (χ0v) is 52.2. The molecule has 97 heavy (non-hydrogen) atoms. The summed E-state index contributed by atoms with van der Waals surface area (Å²) in [6.45, 7) is -3.05. The summed E-state index contributed by atoms with van der Waals surface area (Å²) in [4.78, 5) is 38.6. The largest absolute Gasteiger partial charge is 0.394 e. The summed E-state index contributed by atoms with van der Waals surface area (Å²) in [5.41, 5.74) is 0. The van der Waals surface area contributed by atoms with Crippen LogP contribution in [0.1, 0.15) is 27.7 Å². The number of amides is 3. The second kappa shape index (κ2) is 34.5. The summed E-state index contributed by atoms with van der Waals surface area (Å²) in [7, 11) is 0. The van der Waals surface area contributed by atoms with Gasteiger partial charge in [-0.3, -0.25) is 14.4 Å². The molecule has 43 nitrogen and oxygen atoms in total. The van der Waals surface area contributed by atoms with Crippen LogP contribution in [-0.4, -0.2) is 422 Å². The topological polar surface area (TPSA) is 671 Å². The molecule has 0 aromatic carbocycles. The molecule has 0 saturated carbocycles. The van der Waals surface area contributed by atoms with Gasteiger partial charge in [0.2, 0.25) is 17.7 Å². The van der Waals surface area contributed by atoms with Gasteiger partial charge in [-0.1, -0.05) is 0 Å². The average Bonchev–Trinajstić information content (AvgIpc) is 0.779. The van der Waals surface area contributed by atoms with E-state index in [-0.39, 0.29) is 0 Å². The van der Waals surface area contributed by atoms with Crippen molar-refractivity contribution in [3.63, 3.8) is 0 Å². The predicted molar refractivity (Wildman–Crippen MR) is 298 cm³/mol. The van der Waals surface area contributed by atoms with Crippen molar-refractivity contribution in [2.24, 2.45) is 0 Å². The van der Waals surface area contributed by atoms with E-state index in [4.69, 9.17) is 71.1 Å². The molecule has 43 heteroatoms. The highest BCUT2D eigenvalue weighted by molar-refractivity contribution is 5.74. The SMILES string of the molecule is CC(=O)N[C@H]1[C@H](O[C@H]2[C@@H](O)[C@@H](CO[C@@H]3O[C@H](CO)[C@@H](O[C@@H]4O[C@H](CO)[C@H](O)[C@H](O)[C@H]4O[C@@H]4O[C@@H](C)[C@@H](O)[C@@H](O)[C@@H]4O)[C@H](O)[C@H]3NC(C)=O)O[C@@H](O[C@H]3[C@H](O)[C@@H](NC(C)=O)[C@H](O[C@H]4[C@@H](O)[C@@H](CO)OC(O)[C@@H]4O)O[C@@H]3CO)[C@@H]2O)O[C@H](CO)[C@@H](O[C@@H]2O[C@H](CO)[C@H](O)[C@H](O)[C@H]2O)[C@@H]1O. The Balaban J connectivity index is 1.09. The van der Waals surface area contributed by atoms with Gasteiger partial charge in [-0.2, -0.15) is 0 Å². The fourth-order valence-electron chi connectivity index (χ4n) is 12.5. The standard InChI is InChI=1S/C54H91N3O40/c1-12-26(67)34(75)37(78)51(84-12)97-46-36(77)28(69)17(6-59)87-54(46)94-43-19(8-61)88-48(23(31(43)72)55-13(2)64)83-11-22-30(71)45(96-50-25(57-15(4)66)32(73)41(20(9-62)90-50)92-52-38(79)35(76)27(68)16(5-58)86-52)40(81)53(91-22)93-42-21(10-63)89-49(24(33(42)74)56-14(3)65)95-44-29(70)18(7-60)85-47(82)39(44)80/h12,16-54,58-63,67-82H,5-11H2,1-4H3,(H,55,64)(H,56,65)(H,57,66)/t12-,16+,17+,18+,19+,20+,21+,22+,23+,24+,25+,26+,27-,28-,29-,30-,31+,32+,33+,34+,35-,36-,37-,38+,39+,40+,41+,42+,43+,44-,45-,46+,47?,48+,49-,50-,51-,52-,53-,54-/m0/s1. The number of carbonyl (C=O) groups excluding carboxylic acids is 3. The highest BCUT2D eigenvalue weighted by Crippen LogP contribution is 2.39. The Morgan fingerprint density at radius 3 is 1.06 bits per heavy atom. The van der Waals surface area contributed by atoms with Crippen LogP contribution in [0.25, 0.3) is 0 Å².